The van der Waals surface area contributed by atoms with Gasteiger partial charge in [-0.3, -0.25) is 4.79 Å². The van der Waals surface area contributed by atoms with Crippen LogP contribution in [0.2, 0.25) is 0 Å². The van der Waals surface area contributed by atoms with Gasteiger partial charge in [0.2, 0.25) is 5.91 Å². The molecule has 1 fully saturated rings. The molecule has 9 heteroatoms. The molecule has 3 unspecified atom stereocenters. The van der Waals surface area contributed by atoms with Gasteiger partial charge in [0.15, 0.2) is 0 Å². The third kappa shape index (κ3) is 6.95. The van der Waals surface area contributed by atoms with Crippen LogP contribution in [0.3, 0.4) is 0 Å². The summed E-state index contributed by atoms with van der Waals surface area (Å²) in [6.07, 6.45) is 6.13. The minimum Gasteiger partial charge on any atom is -0.534 e. The van der Waals surface area contributed by atoms with Crippen molar-refractivity contribution in [3.63, 3.8) is 0 Å². The topological polar surface area (TPSA) is 120 Å². The van der Waals surface area contributed by atoms with Gasteiger partial charge in [0.1, 0.15) is 5.75 Å². The molecule has 3 atom stereocenters. The molecule has 0 saturated heterocycles. The molecule has 0 spiro atoms. The van der Waals surface area contributed by atoms with E-state index in [0.717, 1.165) is 45.2 Å². The maximum Gasteiger partial charge on any atom is 0.547 e. The lowest BCUT2D eigenvalue weighted by Gasteiger charge is -2.29. The summed E-state index contributed by atoms with van der Waals surface area (Å²) in [6.45, 7) is 6.21. The number of nitrogens with one attached hydrogen (secondary N) is 3. The van der Waals surface area contributed by atoms with Crippen molar-refractivity contribution in [1.82, 2.24) is 16.0 Å². The second-order valence-electron chi connectivity index (χ2n) is 9.32. The molecule has 32 heavy (non-hydrogen) atoms. The molecule has 1 saturated carbocycles. The Balaban J connectivity index is 1.45. The highest BCUT2D eigenvalue weighted by Crippen LogP contribution is 2.30. The van der Waals surface area contributed by atoms with E-state index in [1.54, 1.807) is 12.1 Å². The van der Waals surface area contributed by atoms with E-state index in [1.165, 1.54) is 6.07 Å². The zero-order chi connectivity index (χ0) is 23.1. The second-order valence-corrected chi connectivity index (χ2v) is 9.32. The highest BCUT2D eigenvalue weighted by atomic mass is 16.5. The summed E-state index contributed by atoms with van der Waals surface area (Å²) in [5.41, 5.74) is 0.698. The van der Waals surface area contributed by atoms with Crippen molar-refractivity contribution in [2.45, 2.75) is 76.8 Å². The van der Waals surface area contributed by atoms with Gasteiger partial charge in [-0.2, -0.15) is 0 Å². The average molecular weight is 445 g/mol. The Morgan fingerprint density at radius 1 is 1.19 bits per heavy atom. The molecular formula is C23H36BN3O5. The number of carboxylic acid groups (broad SMARTS) is 1. The van der Waals surface area contributed by atoms with Gasteiger partial charge in [-0.25, -0.2) is 4.79 Å². The normalized spacial score (nSPS) is 23.2. The summed E-state index contributed by atoms with van der Waals surface area (Å²) in [5, 5.41) is 29.6. The smallest absolute Gasteiger partial charge is 0.534 e. The van der Waals surface area contributed by atoms with E-state index in [-0.39, 0.29) is 17.2 Å². The molecule has 8 nitrogen and oxygen atoms in total. The molecule has 1 aliphatic carbocycles. The number of fused-ring (bicyclic) bond motifs is 1. The van der Waals surface area contributed by atoms with E-state index in [4.69, 9.17) is 4.65 Å². The molecule has 3 rings (SSSR count). The van der Waals surface area contributed by atoms with Crippen molar-refractivity contribution in [1.29, 1.82) is 0 Å². The van der Waals surface area contributed by atoms with Gasteiger partial charge < -0.3 is 30.7 Å². The largest absolute Gasteiger partial charge is 0.547 e. The van der Waals surface area contributed by atoms with E-state index in [1.807, 2.05) is 0 Å². The van der Waals surface area contributed by atoms with Gasteiger partial charge in [0.05, 0.1) is 11.5 Å². The summed E-state index contributed by atoms with van der Waals surface area (Å²) >= 11 is 0. The lowest BCUT2D eigenvalue weighted by molar-refractivity contribution is -0.122. The van der Waals surface area contributed by atoms with E-state index in [0.29, 0.717) is 36.4 Å². The zero-order valence-electron chi connectivity index (χ0n) is 19.1. The van der Waals surface area contributed by atoms with Crippen molar-refractivity contribution >= 4 is 19.0 Å². The van der Waals surface area contributed by atoms with E-state index >= 15 is 0 Å². The SMILES string of the molecule is CC(C)NCCNC1CCCC(CC(=O)NC2Cc3cccc(C(=O)O)c3OB2O)CC1. The van der Waals surface area contributed by atoms with Crippen molar-refractivity contribution in [3.05, 3.63) is 29.3 Å². The Hall–Kier alpha value is -2.10. The third-order valence-corrected chi connectivity index (χ3v) is 6.37. The first kappa shape index (κ1) is 24.5. The van der Waals surface area contributed by atoms with Crippen LogP contribution < -0.4 is 20.6 Å². The molecule has 1 heterocycles. The predicted molar refractivity (Wildman–Crippen MR) is 124 cm³/mol. The number of benzene rings is 1. The summed E-state index contributed by atoms with van der Waals surface area (Å²) in [7, 11) is -1.27. The Labute approximate surface area is 190 Å². The summed E-state index contributed by atoms with van der Waals surface area (Å²) in [6, 6.07) is 5.86. The molecule has 1 aromatic carbocycles. The molecule has 1 amide bonds. The van der Waals surface area contributed by atoms with E-state index in [2.05, 4.69) is 29.8 Å². The van der Waals surface area contributed by atoms with Crippen LogP contribution in [0.25, 0.3) is 0 Å². The van der Waals surface area contributed by atoms with Gasteiger partial charge in [-0.15, -0.1) is 0 Å². The number of para-hydroxylation sites is 1. The number of carbonyl (C=O) groups is 2. The number of carboxylic acids is 1. The van der Waals surface area contributed by atoms with E-state index < -0.39 is 19.0 Å². The summed E-state index contributed by atoms with van der Waals surface area (Å²) in [5.74, 6) is -1.26. The van der Waals surface area contributed by atoms with Crippen LogP contribution in [0.4, 0.5) is 0 Å². The maximum absolute atomic E-state index is 12.7. The van der Waals surface area contributed by atoms with Crippen LogP contribution in [0, 0.1) is 5.92 Å². The molecule has 0 aromatic heterocycles. The number of carbonyl (C=O) groups excluding carboxylic acids is 1. The van der Waals surface area contributed by atoms with Crippen molar-refractivity contribution in [2.75, 3.05) is 13.1 Å². The highest BCUT2D eigenvalue weighted by Gasteiger charge is 2.38. The molecule has 1 aliphatic heterocycles. The van der Waals surface area contributed by atoms with Crippen LogP contribution in [-0.4, -0.2) is 60.2 Å². The standard InChI is InChI=1S/C23H36BN3O5/c1-15(2)25-11-12-26-18-7-3-5-16(9-10-18)13-21(28)27-20-14-17-6-4-8-19(23(29)30)22(17)32-24(20)31/h4,6,8,15-16,18,20,25-26,31H,3,5,7,9-14H2,1-2H3,(H,27,28)(H,29,30). The lowest BCUT2D eigenvalue weighted by Crippen LogP contribution is -2.53. The first-order chi connectivity index (χ1) is 15.3. The lowest BCUT2D eigenvalue weighted by atomic mass is 9.72. The van der Waals surface area contributed by atoms with Crippen LogP contribution in [-0.2, 0) is 11.2 Å². The minimum absolute atomic E-state index is 0.0212. The Bertz CT molecular complexity index is 791. The molecule has 0 radical (unpaired) electrons. The zero-order valence-corrected chi connectivity index (χ0v) is 19.1. The van der Waals surface area contributed by atoms with E-state index in [9.17, 15) is 19.7 Å². The number of hydrogen-bond donors (Lipinski definition) is 5. The molecule has 1 aromatic rings. The van der Waals surface area contributed by atoms with Gasteiger partial charge in [0, 0.05) is 31.6 Å². The van der Waals surface area contributed by atoms with Crippen LogP contribution in [0.15, 0.2) is 18.2 Å². The minimum atomic E-state index is -1.27. The van der Waals surface area contributed by atoms with Crippen LogP contribution in [0.5, 0.6) is 5.75 Å². The van der Waals surface area contributed by atoms with Gasteiger partial charge in [-0.1, -0.05) is 32.4 Å². The van der Waals surface area contributed by atoms with Gasteiger partial charge >= 0.3 is 13.1 Å². The van der Waals surface area contributed by atoms with Crippen molar-refractivity contribution < 1.29 is 24.4 Å². The molecule has 5 N–H and O–H groups in total. The molecular weight excluding hydrogens is 409 g/mol. The Kier molecular flexibility index (Phi) is 8.96. The number of amides is 1. The van der Waals surface area contributed by atoms with Gasteiger partial charge in [0.25, 0.3) is 0 Å². The maximum atomic E-state index is 12.7. The fraction of sp³-hybridized carbons (Fsp3) is 0.652. The predicted octanol–water partition coefficient (Wildman–Crippen LogP) is 1.75. The number of hydrogen-bond acceptors (Lipinski definition) is 6. The van der Waals surface area contributed by atoms with Crippen molar-refractivity contribution in [2.24, 2.45) is 5.92 Å². The average Bonchev–Trinajstić information content (AvgIpc) is 2.96. The quantitative estimate of drug-likeness (QED) is 0.223. The number of rotatable bonds is 9. The fourth-order valence-corrected chi connectivity index (χ4v) is 4.67. The van der Waals surface area contributed by atoms with Crippen LogP contribution in [0.1, 0.15) is 68.3 Å². The Morgan fingerprint density at radius 3 is 2.75 bits per heavy atom. The monoisotopic (exact) mass is 445 g/mol. The summed E-state index contributed by atoms with van der Waals surface area (Å²) < 4.78 is 5.47. The summed E-state index contributed by atoms with van der Waals surface area (Å²) in [4.78, 5) is 24.1. The first-order valence-corrected chi connectivity index (χ1v) is 11.8. The highest BCUT2D eigenvalue weighted by molar-refractivity contribution is 6.47. The third-order valence-electron chi connectivity index (χ3n) is 6.37. The Morgan fingerprint density at radius 2 is 2.00 bits per heavy atom. The fourth-order valence-electron chi connectivity index (χ4n) is 4.67. The molecule has 0 bridgehead atoms. The number of aromatic carboxylic acids is 1. The van der Waals surface area contributed by atoms with Crippen molar-refractivity contribution in [3.8, 4) is 5.75 Å². The van der Waals surface area contributed by atoms with Gasteiger partial charge in [-0.05, 0) is 49.7 Å². The second kappa shape index (κ2) is 11.7. The molecule has 176 valence electrons. The van der Waals surface area contributed by atoms with Crippen LogP contribution >= 0.6 is 0 Å². The molecule has 2 aliphatic rings. The first-order valence-electron chi connectivity index (χ1n) is 11.8.